The van der Waals surface area contributed by atoms with E-state index in [0.717, 1.165) is 23.9 Å². The number of rotatable bonds is 3. The van der Waals surface area contributed by atoms with Gasteiger partial charge in [-0.25, -0.2) is 0 Å². The summed E-state index contributed by atoms with van der Waals surface area (Å²) in [5.74, 6) is 0.0388. The molecule has 3 aliphatic heterocycles. The number of oxazole rings is 1. The van der Waals surface area contributed by atoms with Crippen LogP contribution in [-0.2, 0) is 0 Å². The third kappa shape index (κ3) is 2.36. The van der Waals surface area contributed by atoms with Crippen LogP contribution in [0.15, 0.2) is 59.3 Å². The Balaban J connectivity index is 1.19. The molecule has 3 aliphatic rings. The van der Waals surface area contributed by atoms with E-state index in [1.165, 1.54) is 4.80 Å². The van der Waals surface area contributed by atoms with Gasteiger partial charge in [0.05, 0.1) is 47.8 Å². The first-order chi connectivity index (χ1) is 15.2. The molecule has 7 rings (SSSR count). The lowest BCUT2D eigenvalue weighted by Crippen LogP contribution is -2.43. The van der Waals surface area contributed by atoms with Crippen LogP contribution in [0.5, 0.6) is 0 Å². The van der Waals surface area contributed by atoms with E-state index in [1.807, 2.05) is 36.4 Å². The van der Waals surface area contributed by atoms with Crippen LogP contribution in [0, 0.1) is 0 Å². The Bertz CT molecular complexity index is 1320. The second-order valence-electron chi connectivity index (χ2n) is 8.26. The summed E-state index contributed by atoms with van der Waals surface area (Å²) in [6.07, 6.45) is 5.20. The minimum Gasteiger partial charge on any atom is -0.423 e. The van der Waals surface area contributed by atoms with Gasteiger partial charge in [0.15, 0.2) is 5.58 Å². The number of nitrogens with zero attached hydrogens (tertiary/aromatic N) is 6. The van der Waals surface area contributed by atoms with Gasteiger partial charge in [0, 0.05) is 5.02 Å². The van der Waals surface area contributed by atoms with Crippen molar-refractivity contribution in [1.82, 2.24) is 24.9 Å². The SMILES string of the molecule is O=C(c1ccccc1-n1nccn1)N1C2CCC1C1C2N1c1nc2cc(Cl)ccc2o1. The first kappa shape index (κ1) is 17.3. The van der Waals surface area contributed by atoms with Crippen molar-refractivity contribution in [3.8, 4) is 5.69 Å². The molecule has 9 heteroatoms. The van der Waals surface area contributed by atoms with E-state index >= 15 is 0 Å². The van der Waals surface area contributed by atoms with Crippen LogP contribution >= 0.6 is 11.6 Å². The Morgan fingerprint density at radius 1 is 1.03 bits per heavy atom. The standard InChI is InChI=1S/C22H17ClN6O2/c23-12-5-8-18-14(11-12)26-22(31-18)28-19-16-6-7-17(20(19)28)27(16)21(30)13-3-1-2-4-15(13)29-24-9-10-25-29/h1-5,8-11,16-17,19-20H,6-7H2. The number of piperazine rings is 1. The van der Waals surface area contributed by atoms with Crippen molar-refractivity contribution < 1.29 is 9.21 Å². The molecule has 154 valence electrons. The Kier molecular flexibility index (Phi) is 3.39. The number of carbonyl (C=O) groups excluding carboxylic acids is 1. The number of halogens is 1. The summed E-state index contributed by atoms with van der Waals surface area (Å²) in [4.78, 5) is 24.0. The lowest BCUT2D eigenvalue weighted by atomic mass is 10.0. The lowest BCUT2D eigenvalue weighted by Gasteiger charge is -2.28. The molecule has 0 N–H and O–H groups in total. The van der Waals surface area contributed by atoms with E-state index in [1.54, 1.807) is 18.5 Å². The highest BCUT2D eigenvalue weighted by atomic mass is 35.5. The molecule has 0 spiro atoms. The number of hydrogen-bond donors (Lipinski definition) is 0. The zero-order valence-electron chi connectivity index (χ0n) is 16.3. The molecule has 2 aromatic heterocycles. The number of amides is 1. The molecule has 8 nitrogen and oxygen atoms in total. The second-order valence-corrected chi connectivity index (χ2v) is 8.69. The molecule has 31 heavy (non-hydrogen) atoms. The molecule has 0 saturated carbocycles. The van der Waals surface area contributed by atoms with Gasteiger partial charge in [-0.15, -0.1) is 0 Å². The molecule has 3 saturated heterocycles. The van der Waals surface area contributed by atoms with Crippen LogP contribution < -0.4 is 4.90 Å². The van der Waals surface area contributed by atoms with E-state index in [0.29, 0.717) is 22.3 Å². The van der Waals surface area contributed by atoms with E-state index in [4.69, 9.17) is 16.0 Å². The first-order valence-corrected chi connectivity index (χ1v) is 10.7. The van der Waals surface area contributed by atoms with Gasteiger partial charge in [-0.3, -0.25) is 4.79 Å². The van der Waals surface area contributed by atoms with Crippen molar-refractivity contribution in [2.75, 3.05) is 4.90 Å². The van der Waals surface area contributed by atoms with E-state index in [2.05, 4.69) is 25.0 Å². The van der Waals surface area contributed by atoms with Crippen molar-refractivity contribution in [2.24, 2.45) is 0 Å². The van der Waals surface area contributed by atoms with Gasteiger partial charge in [-0.05, 0) is 43.2 Å². The Hall–Kier alpha value is -3.39. The minimum absolute atomic E-state index is 0.0388. The predicted octanol–water partition coefficient (Wildman–Crippen LogP) is 3.31. The number of benzene rings is 2. The molecule has 5 heterocycles. The number of carbonyl (C=O) groups is 1. The topological polar surface area (TPSA) is 80.1 Å². The van der Waals surface area contributed by atoms with Crippen molar-refractivity contribution >= 4 is 34.6 Å². The normalized spacial score (nSPS) is 26.0. The van der Waals surface area contributed by atoms with Crippen LogP contribution in [0.4, 0.5) is 6.01 Å². The second kappa shape index (κ2) is 6.07. The number of fused-ring (bicyclic) bond motifs is 6. The summed E-state index contributed by atoms with van der Waals surface area (Å²) in [6, 6.07) is 14.4. The number of aromatic nitrogens is 4. The van der Waals surface area contributed by atoms with Gasteiger partial charge in [-0.1, -0.05) is 23.7 Å². The fourth-order valence-corrected chi connectivity index (χ4v) is 5.66. The Morgan fingerprint density at radius 3 is 2.55 bits per heavy atom. The quantitative estimate of drug-likeness (QED) is 0.462. The zero-order valence-corrected chi connectivity index (χ0v) is 17.1. The van der Waals surface area contributed by atoms with Gasteiger partial charge < -0.3 is 14.2 Å². The molecule has 4 aromatic rings. The van der Waals surface area contributed by atoms with E-state index in [-0.39, 0.29) is 30.1 Å². The van der Waals surface area contributed by atoms with Crippen molar-refractivity contribution in [1.29, 1.82) is 0 Å². The smallest absolute Gasteiger partial charge is 0.299 e. The fourth-order valence-electron chi connectivity index (χ4n) is 5.49. The monoisotopic (exact) mass is 432 g/mol. The molecule has 2 bridgehead atoms. The summed E-state index contributed by atoms with van der Waals surface area (Å²) in [5.41, 5.74) is 2.81. The van der Waals surface area contributed by atoms with Crippen molar-refractivity contribution in [2.45, 2.75) is 37.0 Å². The molecular weight excluding hydrogens is 416 g/mol. The minimum atomic E-state index is 0.0388. The summed E-state index contributed by atoms with van der Waals surface area (Å²) >= 11 is 6.09. The van der Waals surface area contributed by atoms with E-state index < -0.39 is 0 Å². The van der Waals surface area contributed by atoms with Crippen LogP contribution in [0.1, 0.15) is 23.2 Å². The average Bonchev–Trinajstić information content (AvgIpc) is 3.27. The Labute approximate surface area is 182 Å². The molecule has 4 atom stereocenters. The highest BCUT2D eigenvalue weighted by molar-refractivity contribution is 6.31. The van der Waals surface area contributed by atoms with Crippen molar-refractivity contribution in [3.63, 3.8) is 0 Å². The van der Waals surface area contributed by atoms with Gasteiger partial charge >= 0.3 is 0 Å². The fraction of sp³-hybridized carbons (Fsp3) is 0.273. The first-order valence-electron chi connectivity index (χ1n) is 10.3. The highest BCUT2D eigenvalue weighted by Gasteiger charge is 2.70. The third-order valence-corrected chi connectivity index (χ3v) is 6.96. The van der Waals surface area contributed by atoms with Crippen LogP contribution in [0.25, 0.3) is 16.8 Å². The predicted molar refractivity (Wildman–Crippen MR) is 113 cm³/mol. The average molecular weight is 433 g/mol. The zero-order chi connectivity index (χ0) is 20.7. The molecule has 3 fully saturated rings. The maximum Gasteiger partial charge on any atom is 0.299 e. The summed E-state index contributed by atoms with van der Waals surface area (Å²) < 4.78 is 5.99. The maximum absolute atomic E-state index is 13.6. The number of hydrogen-bond acceptors (Lipinski definition) is 6. The number of anilines is 1. The van der Waals surface area contributed by atoms with Gasteiger partial charge in [0.25, 0.3) is 11.9 Å². The summed E-state index contributed by atoms with van der Waals surface area (Å²) in [5, 5.41) is 9.06. The van der Waals surface area contributed by atoms with Crippen molar-refractivity contribution in [3.05, 3.63) is 65.4 Å². The molecule has 0 radical (unpaired) electrons. The maximum atomic E-state index is 13.6. The third-order valence-electron chi connectivity index (χ3n) is 6.73. The number of para-hydroxylation sites is 1. The summed E-state index contributed by atoms with van der Waals surface area (Å²) in [6.45, 7) is 0. The van der Waals surface area contributed by atoms with E-state index in [9.17, 15) is 4.79 Å². The largest absolute Gasteiger partial charge is 0.423 e. The summed E-state index contributed by atoms with van der Waals surface area (Å²) in [7, 11) is 0. The lowest BCUT2D eigenvalue weighted by molar-refractivity contribution is 0.0711. The van der Waals surface area contributed by atoms with Crippen LogP contribution in [0.2, 0.25) is 5.02 Å². The molecule has 1 amide bonds. The Morgan fingerprint density at radius 2 is 1.77 bits per heavy atom. The van der Waals surface area contributed by atoms with Crippen LogP contribution in [-0.4, -0.2) is 55.0 Å². The molecule has 2 aromatic carbocycles. The molecule has 4 unspecified atom stereocenters. The molecular formula is C22H17ClN6O2. The van der Waals surface area contributed by atoms with Gasteiger partial charge in [0.2, 0.25) is 0 Å². The highest BCUT2D eigenvalue weighted by Crippen LogP contribution is 2.55. The molecule has 0 aliphatic carbocycles. The van der Waals surface area contributed by atoms with Gasteiger partial charge in [-0.2, -0.15) is 20.0 Å². The van der Waals surface area contributed by atoms with Crippen LogP contribution in [0.3, 0.4) is 0 Å². The van der Waals surface area contributed by atoms with Gasteiger partial charge in [0.1, 0.15) is 5.52 Å².